The van der Waals surface area contributed by atoms with Gasteiger partial charge in [0.05, 0.1) is 19.3 Å². The molecule has 2 aromatic carbocycles. The van der Waals surface area contributed by atoms with Crippen LogP contribution >= 0.6 is 0 Å². The van der Waals surface area contributed by atoms with E-state index in [0.29, 0.717) is 36.0 Å². The van der Waals surface area contributed by atoms with E-state index in [-0.39, 0.29) is 30.3 Å². The first-order chi connectivity index (χ1) is 15.4. The normalized spacial score (nSPS) is 10.9. The van der Waals surface area contributed by atoms with Crippen molar-refractivity contribution in [1.82, 2.24) is 5.16 Å². The van der Waals surface area contributed by atoms with Crippen molar-refractivity contribution in [2.45, 2.75) is 33.3 Å². The molecule has 0 radical (unpaired) electrons. The Morgan fingerprint density at radius 1 is 1.16 bits per heavy atom. The van der Waals surface area contributed by atoms with Gasteiger partial charge in [-0.15, -0.1) is 0 Å². The highest BCUT2D eigenvalue weighted by Gasteiger charge is 2.23. The fourth-order valence-corrected chi connectivity index (χ4v) is 2.98. The molecule has 0 aliphatic rings. The number of carbonyl (C=O) groups is 1. The first-order valence-electron chi connectivity index (χ1n) is 10.3. The fraction of sp³-hybridized carbons (Fsp3) is 0.333. The smallest absolute Gasteiger partial charge is 0.303 e. The number of hydrogen-bond acceptors (Lipinski definition) is 6. The zero-order valence-electron chi connectivity index (χ0n) is 18.3. The van der Waals surface area contributed by atoms with E-state index in [1.165, 1.54) is 25.3 Å². The Bertz CT molecular complexity index is 1060. The summed E-state index contributed by atoms with van der Waals surface area (Å²) in [5.41, 5.74) is 1.41. The molecule has 0 spiro atoms. The van der Waals surface area contributed by atoms with Gasteiger partial charge in [0.1, 0.15) is 23.9 Å². The molecule has 0 aliphatic heterocycles. The van der Waals surface area contributed by atoms with Gasteiger partial charge < -0.3 is 23.8 Å². The molecule has 1 aromatic heterocycles. The number of carboxylic acid groups (broad SMARTS) is 1. The van der Waals surface area contributed by atoms with Crippen molar-refractivity contribution in [3.63, 3.8) is 0 Å². The third-order valence-corrected chi connectivity index (χ3v) is 4.60. The Morgan fingerprint density at radius 3 is 2.69 bits per heavy atom. The van der Waals surface area contributed by atoms with Gasteiger partial charge >= 0.3 is 5.97 Å². The maximum absolute atomic E-state index is 14.5. The van der Waals surface area contributed by atoms with Crippen molar-refractivity contribution in [3.05, 3.63) is 59.5 Å². The molecule has 8 heteroatoms. The van der Waals surface area contributed by atoms with Crippen LogP contribution in [0.25, 0.3) is 11.3 Å². The van der Waals surface area contributed by atoms with Crippen molar-refractivity contribution < 1.29 is 33.0 Å². The molecule has 0 aliphatic carbocycles. The highest BCUT2D eigenvalue weighted by molar-refractivity contribution is 5.68. The van der Waals surface area contributed by atoms with Crippen LogP contribution in [0, 0.1) is 11.7 Å². The fourth-order valence-electron chi connectivity index (χ4n) is 2.98. The summed E-state index contributed by atoms with van der Waals surface area (Å²) in [4.78, 5) is 10.8. The molecule has 3 rings (SSSR count). The molecule has 0 saturated heterocycles. The number of ether oxygens (including phenoxy) is 3. The molecular formula is C24H26FNO6. The molecule has 0 atom stereocenters. The van der Waals surface area contributed by atoms with Crippen molar-refractivity contribution in [2.75, 3.05) is 13.7 Å². The minimum atomic E-state index is -0.858. The molecule has 0 unspecified atom stereocenters. The standard InChI is InChI=1S/C24H26FNO6/c1-15(2)13-31-24-21(14-30-18-6-4-5-16(11-18)7-10-22(27)28)26-32-23(24)19-12-17(29-3)8-9-20(19)25/h4-6,8-9,11-12,15H,7,10,13-14H2,1-3H3,(H,27,28). The number of methoxy groups -OCH3 is 1. The third kappa shape index (κ3) is 6.00. The SMILES string of the molecule is COc1ccc(F)c(-c2onc(COc3cccc(CCC(=O)O)c3)c2OCC(C)C)c1. The summed E-state index contributed by atoms with van der Waals surface area (Å²) < 4.78 is 36.9. The molecule has 1 N–H and O–H groups in total. The van der Waals surface area contributed by atoms with Crippen LogP contribution < -0.4 is 14.2 Å². The minimum Gasteiger partial charge on any atom is -0.497 e. The number of aliphatic carboxylic acids is 1. The van der Waals surface area contributed by atoms with Gasteiger partial charge in [-0.2, -0.15) is 0 Å². The molecule has 32 heavy (non-hydrogen) atoms. The van der Waals surface area contributed by atoms with E-state index >= 15 is 0 Å². The molecule has 3 aromatic rings. The minimum absolute atomic E-state index is 0.0326. The van der Waals surface area contributed by atoms with Crippen LogP contribution in [0.2, 0.25) is 0 Å². The van der Waals surface area contributed by atoms with E-state index in [1.807, 2.05) is 19.9 Å². The number of carboxylic acids is 1. The van der Waals surface area contributed by atoms with E-state index in [1.54, 1.807) is 18.2 Å². The van der Waals surface area contributed by atoms with Crippen molar-refractivity contribution in [3.8, 4) is 28.6 Å². The summed E-state index contributed by atoms with van der Waals surface area (Å²) in [5.74, 6) is 0.387. The highest BCUT2D eigenvalue weighted by atomic mass is 19.1. The van der Waals surface area contributed by atoms with Crippen molar-refractivity contribution in [1.29, 1.82) is 0 Å². The van der Waals surface area contributed by atoms with Crippen LogP contribution in [0.1, 0.15) is 31.5 Å². The molecule has 0 fully saturated rings. The third-order valence-electron chi connectivity index (χ3n) is 4.60. The molecule has 170 valence electrons. The van der Waals surface area contributed by atoms with E-state index in [2.05, 4.69) is 5.16 Å². The maximum atomic E-state index is 14.5. The number of aromatic nitrogens is 1. The first-order valence-corrected chi connectivity index (χ1v) is 10.3. The summed E-state index contributed by atoms with van der Waals surface area (Å²) >= 11 is 0. The zero-order chi connectivity index (χ0) is 23.1. The number of benzene rings is 2. The molecule has 0 amide bonds. The largest absolute Gasteiger partial charge is 0.497 e. The predicted molar refractivity (Wildman–Crippen MR) is 116 cm³/mol. The summed E-state index contributed by atoms with van der Waals surface area (Å²) in [6.07, 6.45) is 0.438. The van der Waals surface area contributed by atoms with E-state index in [4.69, 9.17) is 23.8 Å². The first kappa shape index (κ1) is 23.1. The highest BCUT2D eigenvalue weighted by Crippen LogP contribution is 2.37. The van der Waals surface area contributed by atoms with E-state index in [0.717, 1.165) is 5.56 Å². The second-order valence-electron chi connectivity index (χ2n) is 7.67. The van der Waals surface area contributed by atoms with E-state index < -0.39 is 11.8 Å². The number of halogens is 1. The van der Waals surface area contributed by atoms with Crippen LogP contribution in [0.4, 0.5) is 4.39 Å². The molecule has 1 heterocycles. The average molecular weight is 443 g/mol. The lowest BCUT2D eigenvalue weighted by Gasteiger charge is -2.11. The average Bonchev–Trinajstić information content (AvgIpc) is 3.18. The van der Waals surface area contributed by atoms with Gasteiger partial charge in [-0.25, -0.2) is 4.39 Å². The van der Waals surface area contributed by atoms with E-state index in [9.17, 15) is 9.18 Å². The lowest BCUT2D eigenvalue weighted by molar-refractivity contribution is -0.136. The lowest BCUT2D eigenvalue weighted by atomic mass is 10.1. The molecule has 0 bridgehead atoms. The van der Waals surface area contributed by atoms with Gasteiger partial charge in [0.15, 0.2) is 11.4 Å². The second-order valence-corrected chi connectivity index (χ2v) is 7.67. The summed E-state index contributed by atoms with van der Waals surface area (Å²) in [7, 11) is 1.50. The van der Waals surface area contributed by atoms with Crippen LogP contribution in [-0.4, -0.2) is 29.9 Å². The van der Waals surface area contributed by atoms with Crippen LogP contribution in [0.5, 0.6) is 17.2 Å². The predicted octanol–water partition coefficient (Wildman–Crippen LogP) is 5.12. The Morgan fingerprint density at radius 2 is 1.97 bits per heavy atom. The number of aryl methyl sites for hydroxylation is 1. The van der Waals surface area contributed by atoms with Gasteiger partial charge in [0.25, 0.3) is 0 Å². The lowest BCUT2D eigenvalue weighted by Crippen LogP contribution is -2.07. The number of nitrogens with zero attached hydrogens (tertiary/aromatic N) is 1. The van der Waals surface area contributed by atoms with Crippen LogP contribution in [0.3, 0.4) is 0 Å². The van der Waals surface area contributed by atoms with Gasteiger partial charge in [-0.1, -0.05) is 31.1 Å². The van der Waals surface area contributed by atoms with Crippen molar-refractivity contribution >= 4 is 5.97 Å². The van der Waals surface area contributed by atoms with Gasteiger partial charge in [0, 0.05) is 6.42 Å². The number of hydrogen-bond donors (Lipinski definition) is 1. The number of rotatable bonds is 11. The Balaban J connectivity index is 1.84. The van der Waals surface area contributed by atoms with Gasteiger partial charge in [-0.3, -0.25) is 4.79 Å². The van der Waals surface area contributed by atoms with Crippen LogP contribution in [-0.2, 0) is 17.8 Å². The van der Waals surface area contributed by atoms with Crippen LogP contribution in [0.15, 0.2) is 47.0 Å². The second kappa shape index (κ2) is 10.7. The summed E-state index contributed by atoms with van der Waals surface area (Å²) in [6.45, 7) is 4.42. The zero-order valence-corrected chi connectivity index (χ0v) is 18.3. The summed E-state index contributed by atoms with van der Waals surface area (Å²) in [5, 5.41) is 12.9. The van der Waals surface area contributed by atoms with Gasteiger partial charge in [-0.05, 0) is 48.2 Å². The molecule has 7 nitrogen and oxygen atoms in total. The quantitative estimate of drug-likeness (QED) is 0.440. The van der Waals surface area contributed by atoms with Gasteiger partial charge in [0.2, 0.25) is 5.76 Å². The maximum Gasteiger partial charge on any atom is 0.303 e. The Kier molecular flexibility index (Phi) is 7.70. The monoisotopic (exact) mass is 443 g/mol. The summed E-state index contributed by atoms with van der Waals surface area (Å²) in [6, 6.07) is 11.5. The molecular weight excluding hydrogens is 417 g/mol. The van der Waals surface area contributed by atoms with Crippen molar-refractivity contribution in [2.24, 2.45) is 5.92 Å². The Labute approximate surface area is 185 Å². The topological polar surface area (TPSA) is 91.0 Å². The molecule has 0 saturated carbocycles. The Hall–Kier alpha value is -3.55.